The van der Waals surface area contributed by atoms with E-state index in [0.717, 1.165) is 13.0 Å². The molecule has 0 aliphatic carbocycles. The highest BCUT2D eigenvalue weighted by Crippen LogP contribution is 2.17. The van der Waals surface area contributed by atoms with Crippen molar-refractivity contribution in [2.75, 3.05) is 6.54 Å². The summed E-state index contributed by atoms with van der Waals surface area (Å²) in [5, 5.41) is 0. The summed E-state index contributed by atoms with van der Waals surface area (Å²) in [4.78, 5) is 12.9. The lowest BCUT2D eigenvalue weighted by Crippen LogP contribution is -2.35. The van der Waals surface area contributed by atoms with Gasteiger partial charge in [0.05, 0.1) is 6.04 Å². The lowest BCUT2D eigenvalue weighted by atomic mass is 10.1. The maximum atomic E-state index is 11.0. The van der Waals surface area contributed by atoms with Gasteiger partial charge in [0.15, 0.2) is 0 Å². The molecule has 0 radical (unpaired) electrons. The van der Waals surface area contributed by atoms with Crippen molar-refractivity contribution in [3.63, 3.8) is 0 Å². The van der Waals surface area contributed by atoms with E-state index in [0.29, 0.717) is 6.04 Å². The van der Waals surface area contributed by atoms with Crippen molar-refractivity contribution in [2.24, 2.45) is 0 Å². The first-order valence-electron chi connectivity index (χ1n) is 3.52. The molecular weight excluding hydrogens is 126 g/mol. The summed E-state index contributed by atoms with van der Waals surface area (Å²) in [6, 6.07) is 0.359. The fraction of sp³-hybridized carbons (Fsp3) is 0.375. The van der Waals surface area contributed by atoms with Crippen LogP contribution < -0.4 is 0 Å². The number of hydrogen-bond acceptors (Lipinski definition) is 1. The van der Waals surface area contributed by atoms with Crippen LogP contribution in [0.4, 0.5) is 0 Å². The molecule has 2 heteroatoms. The molecule has 1 unspecified atom stereocenters. The Morgan fingerprint density at radius 2 is 2.40 bits per heavy atom. The third-order valence-corrected chi connectivity index (χ3v) is 1.99. The lowest BCUT2D eigenvalue weighted by Gasteiger charge is -2.25. The summed E-state index contributed by atoms with van der Waals surface area (Å²) in [6.07, 6.45) is 8.80. The molecule has 0 bridgehead atoms. The predicted molar refractivity (Wildman–Crippen MR) is 38.4 cm³/mol. The molecule has 52 valence electrons. The maximum Gasteiger partial charge on any atom is 0.247 e. The van der Waals surface area contributed by atoms with E-state index in [9.17, 15) is 4.79 Å². The van der Waals surface area contributed by atoms with Gasteiger partial charge in [-0.1, -0.05) is 18.2 Å². The molecule has 0 saturated carbocycles. The second kappa shape index (κ2) is 1.97. The van der Waals surface area contributed by atoms with Crippen molar-refractivity contribution < 1.29 is 4.79 Å². The van der Waals surface area contributed by atoms with Crippen LogP contribution in [0.2, 0.25) is 0 Å². The fourth-order valence-corrected chi connectivity index (χ4v) is 1.41. The molecule has 1 amide bonds. The third-order valence-electron chi connectivity index (χ3n) is 1.99. The molecular formula is C8H9NO. The van der Waals surface area contributed by atoms with Crippen molar-refractivity contribution >= 4 is 5.91 Å². The van der Waals surface area contributed by atoms with Crippen molar-refractivity contribution in [3.8, 4) is 0 Å². The molecule has 2 heterocycles. The van der Waals surface area contributed by atoms with E-state index < -0.39 is 0 Å². The second-order valence-corrected chi connectivity index (χ2v) is 2.62. The Balaban J connectivity index is 2.23. The quantitative estimate of drug-likeness (QED) is 0.448. The topological polar surface area (TPSA) is 20.3 Å². The standard InChI is InChI=1S/C8H9NO/c10-8-5-4-7-3-1-2-6-9(7)8/h1-2,4-5,7H,3,6H2. The molecule has 0 N–H and O–H groups in total. The smallest absolute Gasteiger partial charge is 0.247 e. The molecule has 0 fully saturated rings. The summed E-state index contributed by atoms with van der Waals surface area (Å²) >= 11 is 0. The van der Waals surface area contributed by atoms with E-state index in [-0.39, 0.29) is 5.91 Å². The van der Waals surface area contributed by atoms with Gasteiger partial charge < -0.3 is 4.90 Å². The van der Waals surface area contributed by atoms with Crippen molar-refractivity contribution in [3.05, 3.63) is 24.3 Å². The monoisotopic (exact) mass is 135 g/mol. The number of rotatable bonds is 0. The molecule has 2 rings (SSSR count). The van der Waals surface area contributed by atoms with Gasteiger partial charge in [0.1, 0.15) is 0 Å². The minimum absolute atomic E-state index is 0.161. The Kier molecular flexibility index (Phi) is 1.13. The molecule has 2 aliphatic heterocycles. The molecule has 10 heavy (non-hydrogen) atoms. The Morgan fingerprint density at radius 3 is 3.20 bits per heavy atom. The Labute approximate surface area is 59.8 Å². The minimum Gasteiger partial charge on any atom is -0.329 e. The summed E-state index contributed by atoms with van der Waals surface area (Å²) in [6.45, 7) is 0.788. The molecule has 2 nitrogen and oxygen atoms in total. The van der Waals surface area contributed by atoms with Crippen molar-refractivity contribution in [2.45, 2.75) is 12.5 Å². The molecule has 0 spiro atoms. The number of amides is 1. The average Bonchev–Trinajstić information content (AvgIpc) is 2.34. The lowest BCUT2D eigenvalue weighted by molar-refractivity contribution is -0.125. The highest BCUT2D eigenvalue weighted by Gasteiger charge is 2.25. The zero-order valence-electron chi connectivity index (χ0n) is 5.66. The molecule has 0 aromatic carbocycles. The molecule has 0 aromatic rings. The summed E-state index contributed by atoms with van der Waals surface area (Å²) in [5.74, 6) is 0.161. The van der Waals surface area contributed by atoms with Crippen LogP contribution in [0.15, 0.2) is 24.3 Å². The van der Waals surface area contributed by atoms with Gasteiger partial charge >= 0.3 is 0 Å². The molecule has 2 aliphatic rings. The van der Waals surface area contributed by atoms with Gasteiger partial charge in [-0.2, -0.15) is 0 Å². The number of carbonyl (C=O) groups is 1. The zero-order valence-corrected chi connectivity index (χ0v) is 5.66. The van der Waals surface area contributed by atoms with Gasteiger partial charge in [0.25, 0.3) is 0 Å². The summed E-state index contributed by atoms with van der Waals surface area (Å²) in [7, 11) is 0. The van der Waals surface area contributed by atoms with Crippen molar-refractivity contribution in [1.82, 2.24) is 4.90 Å². The highest BCUT2D eigenvalue weighted by molar-refractivity contribution is 5.90. The van der Waals surface area contributed by atoms with Gasteiger partial charge in [-0.3, -0.25) is 4.79 Å². The van der Waals surface area contributed by atoms with E-state index in [1.54, 1.807) is 6.08 Å². The van der Waals surface area contributed by atoms with Crippen LogP contribution in [0.3, 0.4) is 0 Å². The second-order valence-electron chi connectivity index (χ2n) is 2.62. The van der Waals surface area contributed by atoms with Gasteiger partial charge in [0, 0.05) is 12.6 Å². The minimum atomic E-state index is 0.161. The molecule has 1 atom stereocenters. The first kappa shape index (κ1) is 5.71. The van der Waals surface area contributed by atoms with Crippen LogP contribution >= 0.6 is 0 Å². The number of nitrogens with zero attached hydrogens (tertiary/aromatic N) is 1. The van der Waals surface area contributed by atoms with Crippen LogP contribution in [0.25, 0.3) is 0 Å². The Bertz CT molecular complexity index is 217. The predicted octanol–water partition coefficient (Wildman–Crippen LogP) is 0.713. The van der Waals surface area contributed by atoms with Crippen LogP contribution in [0, 0.1) is 0 Å². The summed E-state index contributed by atoms with van der Waals surface area (Å²) < 4.78 is 0. The zero-order chi connectivity index (χ0) is 6.97. The van der Waals surface area contributed by atoms with Gasteiger partial charge in [0.2, 0.25) is 5.91 Å². The Morgan fingerprint density at radius 1 is 1.50 bits per heavy atom. The van der Waals surface area contributed by atoms with E-state index in [1.165, 1.54) is 0 Å². The average molecular weight is 135 g/mol. The highest BCUT2D eigenvalue weighted by atomic mass is 16.2. The third kappa shape index (κ3) is 0.685. The number of carbonyl (C=O) groups excluding carboxylic acids is 1. The first-order valence-corrected chi connectivity index (χ1v) is 3.52. The van der Waals surface area contributed by atoms with Gasteiger partial charge in [-0.15, -0.1) is 0 Å². The van der Waals surface area contributed by atoms with Gasteiger partial charge in [-0.25, -0.2) is 0 Å². The van der Waals surface area contributed by atoms with Crippen molar-refractivity contribution in [1.29, 1.82) is 0 Å². The normalized spacial score (nSPS) is 29.4. The number of hydrogen-bond donors (Lipinski definition) is 0. The van der Waals surface area contributed by atoms with E-state index in [4.69, 9.17) is 0 Å². The Hall–Kier alpha value is -1.05. The fourth-order valence-electron chi connectivity index (χ4n) is 1.41. The SMILES string of the molecule is O=C1C=CC2CC=CCN12. The van der Waals surface area contributed by atoms with E-state index in [2.05, 4.69) is 6.08 Å². The first-order chi connectivity index (χ1) is 4.88. The van der Waals surface area contributed by atoms with Crippen LogP contribution in [0.1, 0.15) is 6.42 Å². The maximum absolute atomic E-state index is 11.0. The van der Waals surface area contributed by atoms with E-state index >= 15 is 0 Å². The van der Waals surface area contributed by atoms with Crippen LogP contribution in [0.5, 0.6) is 0 Å². The summed E-state index contributed by atoms with van der Waals surface area (Å²) in [5.41, 5.74) is 0. The molecule has 0 aromatic heterocycles. The van der Waals surface area contributed by atoms with E-state index in [1.807, 2.05) is 17.1 Å². The van der Waals surface area contributed by atoms with Crippen LogP contribution in [-0.2, 0) is 4.79 Å². The largest absolute Gasteiger partial charge is 0.329 e. The van der Waals surface area contributed by atoms with Gasteiger partial charge in [-0.05, 0) is 6.42 Å². The molecule has 0 saturated heterocycles. The number of fused-ring (bicyclic) bond motifs is 1. The van der Waals surface area contributed by atoms with Crippen LogP contribution in [-0.4, -0.2) is 23.4 Å².